The summed E-state index contributed by atoms with van der Waals surface area (Å²) < 4.78 is 6.33. The van der Waals surface area contributed by atoms with Gasteiger partial charge in [-0.15, -0.1) is 0 Å². The standard InChI is InChI=1S/C17H33NO5Si/c1-15(2,3)11-17(13(19)20)9-12(10-18(17)14(21)22)23-24(7,8)16(4,5)6/h12H,9-11H2,1-8H3,(H,19,20)(H,21,22)/t12-,17-/m1/s1. The highest BCUT2D eigenvalue weighted by molar-refractivity contribution is 6.74. The number of rotatable bonds is 4. The highest BCUT2D eigenvalue weighted by Gasteiger charge is 2.57. The molecule has 0 unspecified atom stereocenters. The lowest BCUT2D eigenvalue weighted by atomic mass is 9.78. The minimum absolute atomic E-state index is 0.0143. The molecule has 7 heteroatoms. The quantitative estimate of drug-likeness (QED) is 0.740. The molecule has 1 aliphatic heterocycles. The van der Waals surface area contributed by atoms with E-state index in [0.717, 1.165) is 4.90 Å². The summed E-state index contributed by atoms with van der Waals surface area (Å²) in [6.45, 7) is 16.4. The lowest BCUT2D eigenvalue weighted by Gasteiger charge is -2.38. The van der Waals surface area contributed by atoms with Crippen molar-refractivity contribution in [1.82, 2.24) is 4.90 Å². The van der Waals surface area contributed by atoms with Crippen LogP contribution in [-0.2, 0) is 9.22 Å². The van der Waals surface area contributed by atoms with Gasteiger partial charge >= 0.3 is 12.1 Å². The first-order valence-corrected chi connectivity index (χ1v) is 11.3. The van der Waals surface area contributed by atoms with E-state index in [9.17, 15) is 19.8 Å². The van der Waals surface area contributed by atoms with Crippen LogP contribution in [0.5, 0.6) is 0 Å². The van der Waals surface area contributed by atoms with Gasteiger partial charge in [0.25, 0.3) is 0 Å². The number of nitrogens with zero attached hydrogens (tertiary/aromatic N) is 1. The number of carbonyl (C=O) groups is 2. The summed E-state index contributed by atoms with van der Waals surface area (Å²) in [6.07, 6.45) is -1.10. The molecule has 0 aromatic heterocycles. The van der Waals surface area contributed by atoms with Crippen molar-refractivity contribution in [3.8, 4) is 0 Å². The van der Waals surface area contributed by atoms with Crippen LogP contribution in [0.2, 0.25) is 18.1 Å². The van der Waals surface area contributed by atoms with Crippen molar-refractivity contribution >= 4 is 20.4 Å². The molecule has 1 fully saturated rings. The zero-order valence-corrected chi connectivity index (χ0v) is 17.3. The number of aliphatic carboxylic acids is 1. The maximum absolute atomic E-state index is 12.1. The average molecular weight is 360 g/mol. The van der Waals surface area contributed by atoms with Crippen LogP contribution in [0.1, 0.15) is 54.4 Å². The number of hydrogen-bond acceptors (Lipinski definition) is 3. The fourth-order valence-corrected chi connectivity index (χ4v) is 4.53. The fourth-order valence-electron chi connectivity index (χ4n) is 3.19. The van der Waals surface area contributed by atoms with Crippen LogP contribution in [0, 0.1) is 5.41 Å². The molecule has 1 saturated heterocycles. The third-order valence-electron chi connectivity index (χ3n) is 5.19. The van der Waals surface area contributed by atoms with Gasteiger partial charge in [0.05, 0.1) is 12.6 Å². The molecule has 2 N–H and O–H groups in total. The second kappa shape index (κ2) is 6.33. The monoisotopic (exact) mass is 359 g/mol. The summed E-state index contributed by atoms with van der Waals surface area (Å²) in [6, 6.07) is 0. The normalized spacial score (nSPS) is 25.8. The Morgan fingerprint density at radius 2 is 1.67 bits per heavy atom. The average Bonchev–Trinajstić information content (AvgIpc) is 2.64. The Hall–Kier alpha value is -1.08. The Bertz CT molecular complexity index is 506. The van der Waals surface area contributed by atoms with Crippen LogP contribution >= 0.6 is 0 Å². The first-order valence-electron chi connectivity index (χ1n) is 8.44. The minimum Gasteiger partial charge on any atom is -0.479 e. The van der Waals surface area contributed by atoms with Crippen molar-refractivity contribution in [3.05, 3.63) is 0 Å². The summed E-state index contributed by atoms with van der Waals surface area (Å²) in [7, 11) is -2.10. The summed E-state index contributed by atoms with van der Waals surface area (Å²) in [5, 5.41) is 19.4. The first kappa shape index (κ1) is 21.0. The predicted molar refractivity (Wildman–Crippen MR) is 95.9 cm³/mol. The van der Waals surface area contributed by atoms with Gasteiger partial charge in [-0.1, -0.05) is 41.5 Å². The van der Waals surface area contributed by atoms with E-state index in [1.807, 2.05) is 20.8 Å². The molecule has 24 heavy (non-hydrogen) atoms. The van der Waals surface area contributed by atoms with Gasteiger partial charge in [0.2, 0.25) is 0 Å². The minimum atomic E-state index is -2.10. The van der Waals surface area contributed by atoms with Gasteiger partial charge in [-0.05, 0) is 30.0 Å². The Morgan fingerprint density at radius 1 is 1.17 bits per heavy atom. The highest BCUT2D eigenvalue weighted by atomic mass is 28.4. The summed E-state index contributed by atoms with van der Waals surface area (Å²) in [5.74, 6) is -1.08. The van der Waals surface area contributed by atoms with Crippen LogP contribution in [0.3, 0.4) is 0 Å². The van der Waals surface area contributed by atoms with Gasteiger partial charge in [-0.3, -0.25) is 4.90 Å². The summed E-state index contributed by atoms with van der Waals surface area (Å²) in [4.78, 5) is 24.9. The number of amides is 1. The Kier molecular flexibility index (Phi) is 5.53. The van der Waals surface area contributed by atoms with Crippen molar-refractivity contribution < 1.29 is 24.2 Å². The van der Waals surface area contributed by atoms with Gasteiger partial charge in [0.1, 0.15) is 5.54 Å². The van der Waals surface area contributed by atoms with Gasteiger partial charge < -0.3 is 14.6 Å². The molecule has 0 radical (unpaired) electrons. The van der Waals surface area contributed by atoms with Gasteiger partial charge in [-0.2, -0.15) is 0 Å². The molecular weight excluding hydrogens is 326 g/mol. The number of hydrogen-bond donors (Lipinski definition) is 2. The molecular formula is C17H33NO5Si. The van der Waals surface area contributed by atoms with Crippen LogP contribution in [-0.4, -0.2) is 53.7 Å². The van der Waals surface area contributed by atoms with E-state index in [1.54, 1.807) is 0 Å². The number of carboxylic acid groups (broad SMARTS) is 2. The maximum atomic E-state index is 12.1. The SMILES string of the molecule is CC(C)(C)C[C@@]1(C(=O)O)C[C@@H](O[Si](C)(C)C(C)(C)C)CN1C(=O)O. The number of likely N-dealkylation sites (tertiary alicyclic amines) is 1. The Balaban J connectivity index is 3.17. The zero-order valence-electron chi connectivity index (χ0n) is 16.3. The third kappa shape index (κ3) is 4.30. The van der Waals surface area contributed by atoms with Gasteiger partial charge in [-0.25, -0.2) is 9.59 Å². The van der Waals surface area contributed by atoms with Gasteiger partial charge in [0, 0.05) is 6.42 Å². The van der Waals surface area contributed by atoms with E-state index in [-0.39, 0.29) is 35.9 Å². The second-order valence-electron chi connectivity index (χ2n) is 9.67. The summed E-state index contributed by atoms with van der Waals surface area (Å²) in [5.41, 5.74) is -1.73. The molecule has 2 atom stereocenters. The van der Waals surface area contributed by atoms with Crippen LogP contribution in [0.4, 0.5) is 4.79 Å². The van der Waals surface area contributed by atoms with Crippen molar-refractivity contribution in [1.29, 1.82) is 0 Å². The first-order chi connectivity index (χ1) is 10.5. The lowest BCUT2D eigenvalue weighted by Crippen LogP contribution is -2.54. The zero-order chi connectivity index (χ0) is 19.1. The van der Waals surface area contributed by atoms with E-state index in [2.05, 4.69) is 33.9 Å². The second-order valence-corrected chi connectivity index (χ2v) is 14.4. The van der Waals surface area contributed by atoms with Crippen molar-refractivity contribution in [2.45, 2.75) is 84.2 Å². The van der Waals surface area contributed by atoms with Crippen molar-refractivity contribution in [2.24, 2.45) is 5.41 Å². The molecule has 0 aromatic rings. The smallest absolute Gasteiger partial charge is 0.408 e. The Labute approximate surface area is 146 Å². The largest absolute Gasteiger partial charge is 0.479 e. The van der Waals surface area contributed by atoms with Crippen molar-refractivity contribution in [3.63, 3.8) is 0 Å². The van der Waals surface area contributed by atoms with Crippen LogP contribution in [0.25, 0.3) is 0 Å². The molecule has 1 rings (SSSR count). The molecule has 0 saturated carbocycles. The maximum Gasteiger partial charge on any atom is 0.408 e. The molecule has 0 spiro atoms. The molecule has 0 aromatic carbocycles. The van der Waals surface area contributed by atoms with Crippen LogP contribution in [0.15, 0.2) is 0 Å². The number of carboxylic acids is 1. The van der Waals surface area contributed by atoms with Crippen LogP contribution < -0.4 is 0 Å². The lowest BCUT2D eigenvalue weighted by molar-refractivity contribution is -0.150. The fraction of sp³-hybridized carbons (Fsp3) is 0.882. The van der Waals surface area contributed by atoms with E-state index in [1.165, 1.54) is 0 Å². The van der Waals surface area contributed by atoms with E-state index >= 15 is 0 Å². The highest BCUT2D eigenvalue weighted by Crippen LogP contribution is 2.44. The molecule has 0 aliphatic carbocycles. The molecule has 140 valence electrons. The molecule has 1 heterocycles. The van der Waals surface area contributed by atoms with E-state index in [0.29, 0.717) is 0 Å². The summed E-state index contributed by atoms with van der Waals surface area (Å²) >= 11 is 0. The molecule has 6 nitrogen and oxygen atoms in total. The van der Waals surface area contributed by atoms with Gasteiger partial charge in [0.15, 0.2) is 8.32 Å². The molecule has 1 aliphatic rings. The van der Waals surface area contributed by atoms with Crippen molar-refractivity contribution in [2.75, 3.05) is 6.54 Å². The predicted octanol–water partition coefficient (Wildman–Crippen LogP) is 4.02. The topological polar surface area (TPSA) is 87.1 Å². The Morgan fingerprint density at radius 3 is 2.00 bits per heavy atom. The molecule has 1 amide bonds. The van der Waals surface area contributed by atoms with E-state index in [4.69, 9.17) is 4.43 Å². The van der Waals surface area contributed by atoms with E-state index < -0.39 is 25.9 Å². The molecule has 0 bridgehead atoms. The third-order valence-corrected chi connectivity index (χ3v) is 9.72.